The lowest BCUT2D eigenvalue weighted by molar-refractivity contribution is -0.143. The van der Waals surface area contributed by atoms with Gasteiger partial charge >= 0.3 is 11.6 Å². The second kappa shape index (κ2) is 7.81. The third-order valence-electron chi connectivity index (χ3n) is 3.66. The van der Waals surface area contributed by atoms with Gasteiger partial charge in [-0.25, -0.2) is 13.2 Å². The van der Waals surface area contributed by atoms with E-state index in [1.165, 1.54) is 12.1 Å². The Labute approximate surface area is 163 Å². The van der Waals surface area contributed by atoms with E-state index < -0.39 is 28.2 Å². The van der Waals surface area contributed by atoms with Crippen molar-refractivity contribution in [1.29, 1.82) is 0 Å². The Hall–Kier alpha value is -2.20. The van der Waals surface area contributed by atoms with Crippen LogP contribution in [0.3, 0.4) is 0 Å². The summed E-state index contributed by atoms with van der Waals surface area (Å²) in [5, 5.41) is 2.64. The predicted octanol–water partition coefficient (Wildman–Crippen LogP) is 2.84. The fourth-order valence-electron chi connectivity index (χ4n) is 2.32. The van der Waals surface area contributed by atoms with Crippen LogP contribution in [0, 0.1) is 6.92 Å². The number of ether oxygens (including phenoxy) is 1. The number of carbonyl (C=O) groups is 1. The van der Waals surface area contributed by atoms with Gasteiger partial charge in [-0.1, -0.05) is 17.7 Å². The maximum atomic E-state index is 12.0. The topological polar surface area (TPSA) is 103 Å². The highest BCUT2D eigenvalue weighted by Gasteiger charge is 2.17. The SMILES string of the molecule is Cc1cc2oc(=O)cc(COC(=O)CNS(=O)(=O)c3cccs3)c2cc1Cl. The van der Waals surface area contributed by atoms with Crippen molar-refractivity contribution in [3.8, 4) is 0 Å². The molecule has 7 nitrogen and oxygen atoms in total. The summed E-state index contributed by atoms with van der Waals surface area (Å²) in [5.41, 5.74) is 0.893. The molecule has 0 atom stereocenters. The molecule has 0 saturated carbocycles. The second-order valence-electron chi connectivity index (χ2n) is 5.61. The van der Waals surface area contributed by atoms with E-state index in [4.69, 9.17) is 20.8 Å². The molecule has 1 N–H and O–H groups in total. The molecule has 0 fully saturated rings. The fourth-order valence-corrected chi connectivity index (χ4v) is 4.49. The minimum absolute atomic E-state index is 0.104. The van der Waals surface area contributed by atoms with Crippen LogP contribution in [0.4, 0.5) is 0 Å². The van der Waals surface area contributed by atoms with E-state index in [1.807, 2.05) is 0 Å². The molecule has 0 aliphatic heterocycles. The largest absolute Gasteiger partial charge is 0.460 e. The first kappa shape index (κ1) is 19.6. The zero-order valence-corrected chi connectivity index (χ0v) is 16.4. The summed E-state index contributed by atoms with van der Waals surface area (Å²) in [6.07, 6.45) is 0. The quantitative estimate of drug-likeness (QED) is 0.479. The smallest absolute Gasteiger partial charge is 0.336 e. The first-order chi connectivity index (χ1) is 12.8. The molecule has 1 aromatic carbocycles. The number of fused-ring (bicyclic) bond motifs is 1. The van der Waals surface area contributed by atoms with Gasteiger partial charge in [0.2, 0.25) is 0 Å². The summed E-state index contributed by atoms with van der Waals surface area (Å²) in [5.74, 6) is -0.783. The molecule has 27 heavy (non-hydrogen) atoms. The average Bonchev–Trinajstić information content (AvgIpc) is 3.15. The number of rotatable bonds is 6. The van der Waals surface area contributed by atoms with Crippen LogP contribution in [0.2, 0.25) is 5.02 Å². The minimum atomic E-state index is -3.76. The second-order valence-corrected chi connectivity index (χ2v) is 8.95. The van der Waals surface area contributed by atoms with Gasteiger partial charge in [-0.3, -0.25) is 4.79 Å². The minimum Gasteiger partial charge on any atom is -0.460 e. The molecule has 0 unspecified atom stereocenters. The molecule has 10 heteroatoms. The van der Waals surface area contributed by atoms with Crippen LogP contribution in [-0.4, -0.2) is 20.9 Å². The highest BCUT2D eigenvalue weighted by Crippen LogP contribution is 2.25. The lowest BCUT2D eigenvalue weighted by atomic mass is 10.1. The predicted molar refractivity (Wildman–Crippen MR) is 102 cm³/mol. The van der Waals surface area contributed by atoms with Gasteiger partial charge in [-0.15, -0.1) is 11.3 Å². The first-order valence-electron chi connectivity index (χ1n) is 7.68. The highest BCUT2D eigenvalue weighted by atomic mass is 35.5. The maximum Gasteiger partial charge on any atom is 0.336 e. The maximum absolute atomic E-state index is 12.0. The van der Waals surface area contributed by atoms with Crippen molar-refractivity contribution in [2.24, 2.45) is 0 Å². The molecule has 3 aromatic rings. The van der Waals surface area contributed by atoms with Crippen LogP contribution >= 0.6 is 22.9 Å². The van der Waals surface area contributed by atoms with Crippen LogP contribution in [0.25, 0.3) is 11.0 Å². The van der Waals surface area contributed by atoms with E-state index >= 15 is 0 Å². The lowest BCUT2D eigenvalue weighted by Gasteiger charge is -2.09. The van der Waals surface area contributed by atoms with E-state index in [2.05, 4.69) is 4.72 Å². The lowest BCUT2D eigenvalue weighted by Crippen LogP contribution is -2.30. The summed E-state index contributed by atoms with van der Waals surface area (Å²) in [7, 11) is -3.76. The van der Waals surface area contributed by atoms with Crippen LogP contribution in [-0.2, 0) is 26.2 Å². The van der Waals surface area contributed by atoms with Gasteiger partial charge in [-0.2, -0.15) is 4.72 Å². The number of esters is 1. The van der Waals surface area contributed by atoms with E-state index in [0.29, 0.717) is 21.6 Å². The summed E-state index contributed by atoms with van der Waals surface area (Å²) in [6, 6.07) is 7.48. The van der Waals surface area contributed by atoms with Crippen LogP contribution in [0.5, 0.6) is 0 Å². The Balaban J connectivity index is 1.70. The van der Waals surface area contributed by atoms with E-state index in [1.54, 1.807) is 30.5 Å². The molecule has 2 heterocycles. The van der Waals surface area contributed by atoms with Crippen molar-refractivity contribution < 1.29 is 22.4 Å². The Kier molecular flexibility index (Phi) is 5.66. The fraction of sp³-hybridized carbons (Fsp3) is 0.176. The van der Waals surface area contributed by atoms with Crippen molar-refractivity contribution in [2.45, 2.75) is 17.7 Å². The standard InChI is InChI=1S/C17H14ClNO6S2/c1-10-5-14-12(7-13(10)18)11(6-15(20)25-14)9-24-16(21)8-19-27(22,23)17-3-2-4-26-17/h2-7,19H,8-9H2,1H3. The van der Waals surface area contributed by atoms with Crippen molar-refractivity contribution in [2.75, 3.05) is 6.54 Å². The molecule has 142 valence electrons. The molecule has 0 radical (unpaired) electrons. The number of hydrogen-bond acceptors (Lipinski definition) is 7. The molecule has 0 aliphatic rings. The van der Waals surface area contributed by atoms with Crippen LogP contribution < -0.4 is 10.3 Å². The zero-order chi connectivity index (χ0) is 19.6. The average molecular weight is 428 g/mol. The summed E-state index contributed by atoms with van der Waals surface area (Å²) >= 11 is 7.14. The molecule has 3 rings (SSSR count). The third kappa shape index (κ3) is 4.56. The molecule has 2 aromatic heterocycles. The molecular weight excluding hydrogens is 414 g/mol. The molecule has 0 amide bonds. The van der Waals surface area contributed by atoms with Gasteiger partial charge in [0.1, 0.15) is 22.9 Å². The molecule has 0 saturated heterocycles. The summed E-state index contributed by atoms with van der Waals surface area (Å²) in [6.45, 7) is 1.02. The van der Waals surface area contributed by atoms with Crippen molar-refractivity contribution in [3.05, 3.63) is 62.3 Å². The number of thiophene rings is 1. The molecule has 0 aliphatic carbocycles. The first-order valence-corrected chi connectivity index (χ1v) is 10.4. The monoisotopic (exact) mass is 427 g/mol. The highest BCUT2D eigenvalue weighted by molar-refractivity contribution is 7.91. The Morgan fingerprint density at radius 1 is 1.33 bits per heavy atom. The number of benzene rings is 1. The number of halogens is 1. The van der Waals surface area contributed by atoms with Gasteiger partial charge in [0.05, 0.1) is 0 Å². The Morgan fingerprint density at radius 3 is 2.81 bits per heavy atom. The third-order valence-corrected chi connectivity index (χ3v) is 6.87. The Bertz CT molecular complexity index is 1150. The number of nitrogens with one attached hydrogen (secondary N) is 1. The summed E-state index contributed by atoms with van der Waals surface area (Å²) < 4.78 is 36.5. The zero-order valence-electron chi connectivity index (χ0n) is 14.0. The normalized spacial score (nSPS) is 11.6. The number of sulfonamides is 1. The van der Waals surface area contributed by atoms with Crippen molar-refractivity contribution >= 4 is 49.9 Å². The van der Waals surface area contributed by atoms with E-state index in [9.17, 15) is 18.0 Å². The number of aryl methyl sites for hydroxylation is 1. The van der Waals surface area contributed by atoms with Gasteiger partial charge in [0.15, 0.2) is 0 Å². The van der Waals surface area contributed by atoms with E-state index in [-0.39, 0.29) is 10.8 Å². The van der Waals surface area contributed by atoms with Gasteiger partial charge in [0.25, 0.3) is 10.0 Å². The molecular formula is C17H14ClNO6S2. The van der Waals surface area contributed by atoms with E-state index in [0.717, 1.165) is 16.9 Å². The molecule has 0 bridgehead atoms. The number of hydrogen-bond donors (Lipinski definition) is 1. The van der Waals surface area contributed by atoms with Gasteiger partial charge < -0.3 is 9.15 Å². The van der Waals surface area contributed by atoms with Gasteiger partial charge in [-0.05, 0) is 36.1 Å². The Morgan fingerprint density at radius 2 is 2.11 bits per heavy atom. The summed E-state index contributed by atoms with van der Waals surface area (Å²) in [4.78, 5) is 23.6. The van der Waals surface area contributed by atoms with Crippen LogP contribution in [0.15, 0.2) is 49.1 Å². The molecule has 0 spiro atoms. The van der Waals surface area contributed by atoms with Gasteiger partial charge in [0, 0.05) is 22.0 Å². The number of carbonyl (C=O) groups excluding carboxylic acids is 1. The van der Waals surface area contributed by atoms with Crippen LogP contribution in [0.1, 0.15) is 11.1 Å². The van der Waals surface area contributed by atoms with Crippen molar-refractivity contribution in [1.82, 2.24) is 4.72 Å². The van der Waals surface area contributed by atoms with Crippen molar-refractivity contribution in [3.63, 3.8) is 0 Å².